The molecule has 0 unspecified atom stereocenters. The molecule has 0 saturated heterocycles. The van der Waals surface area contributed by atoms with Gasteiger partial charge in [0.2, 0.25) is 0 Å². The van der Waals surface area contributed by atoms with E-state index in [0.29, 0.717) is 27.7 Å². The molecule has 0 aromatic heterocycles. The fraction of sp³-hybridized carbons (Fsp3) is 0.188. The Balaban J connectivity index is 2.16. The number of hydrogen-bond acceptors (Lipinski definition) is 3. The Bertz CT molecular complexity index is 656. The van der Waals surface area contributed by atoms with E-state index >= 15 is 0 Å². The Kier molecular flexibility index (Phi) is 4.70. The SMILES string of the molecule is CC(C)Oc1cccc(C(=O)Nc2ccc(N)cc2Cl)c1. The van der Waals surface area contributed by atoms with Gasteiger partial charge in [0, 0.05) is 11.3 Å². The lowest BCUT2D eigenvalue weighted by Crippen LogP contribution is -2.13. The largest absolute Gasteiger partial charge is 0.491 e. The molecule has 0 atom stereocenters. The van der Waals surface area contributed by atoms with Crippen LogP contribution >= 0.6 is 11.6 Å². The molecule has 2 rings (SSSR count). The molecule has 110 valence electrons. The van der Waals surface area contributed by atoms with Gasteiger partial charge in [-0.2, -0.15) is 0 Å². The number of anilines is 2. The first-order valence-corrected chi connectivity index (χ1v) is 6.96. The highest BCUT2D eigenvalue weighted by atomic mass is 35.5. The van der Waals surface area contributed by atoms with Gasteiger partial charge in [0.25, 0.3) is 5.91 Å². The van der Waals surface area contributed by atoms with Crippen LogP contribution in [0.1, 0.15) is 24.2 Å². The second kappa shape index (κ2) is 6.50. The minimum Gasteiger partial charge on any atom is -0.491 e. The second-order valence-corrected chi connectivity index (χ2v) is 5.30. The molecular formula is C16H17ClN2O2. The minimum atomic E-state index is -0.254. The van der Waals surface area contributed by atoms with E-state index in [1.54, 1.807) is 36.4 Å². The average Bonchev–Trinajstić information content (AvgIpc) is 2.41. The average molecular weight is 305 g/mol. The standard InChI is InChI=1S/C16H17ClN2O2/c1-10(2)21-13-5-3-4-11(8-13)16(20)19-15-7-6-12(18)9-14(15)17/h3-10H,18H2,1-2H3,(H,19,20). The lowest BCUT2D eigenvalue weighted by molar-refractivity contribution is 0.102. The van der Waals surface area contributed by atoms with E-state index in [1.807, 2.05) is 19.9 Å². The number of nitrogens with two attached hydrogens (primary N) is 1. The molecule has 21 heavy (non-hydrogen) atoms. The van der Waals surface area contributed by atoms with E-state index in [-0.39, 0.29) is 12.0 Å². The van der Waals surface area contributed by atoms with Gasteiger partial charge in [-0.1, -0.05) is 17.7 Å². The maximum absolute atomic E-state index is 12.2. The van der Waals surface area contributed by atoms with E-state index in [1.165, 1.54) is 0 Å². The number of halogens is 1. The first-order valence-electron chi connectivity index (χ1n) is 6.59. The van der Waals surface area contributed by atoms with Crippen LogP contribution in [0.15, 0.2) is 42.5 Å². The zero-order valence-electron chi connectivity index (χ0n) is 11.9. The predicted molar refractivity (Wildman–Crippen MR) is 86.0 cm³/mol. The van der Waals surface area contributed by atoms with Gasteiger partial charge in [-0.25, -0.2) is 0 Å². The van der Waals surface area contributed by atoms with E-state index in [9.17, 15) is 4.79 Å². The molecule has 0 spiro atoms. The van der Waals surface area contributed by atoms with Gasteiger partial charge in [0.05, 0.1) is 16.8 Å². The summed E-state index contributed by atoms with van der Waals surface area (Å²) >= 11 is 6.04. The zero-order valence-corrected chi connectivity index (χ0v) is 12.6. The summed E-state index contributed by atoms with van der Waals surface area (Å²) in [5.41, 5.74) is 7.19. The van der Waals surface area contributed by atoms with Gasteiger partial charge in [0.15, 0.2) is 0 Å². The topological polar surface area (TPSA) is 64.3 Å². The maximum atomic E-state index is 12.2. The first kappa shape index (κ1) is 15.2. The van der Waals surface area contributed by atoms with Gasteiger partial charge < -0.3 is 15.8 Å². The van der Waals surface area contributed by atoms with Crippen LogP contribution in [0.5, 0.6) is 5.75 Å². The van der Waals surface area contributed by atoms with Gasteiger partial charge in [0.1, 0.15) is 5.75 Å². The summed E-state index contributed by atoms with van der Waals surface area (Å²) in [5.74, 6) is 0.400. The smallest absolute Gasteiger partial charge is 0.255 e. The summed E-state index contributed by atoms with van der Waals surface area (Å²) < 4.78 is 5.57. The summed E-state index contributed by atoms with van der Waals surface area (Å²) in [4.78, 5) is 12.2. The van der Waals surface area contributed by atoms with Gasteiger partial charge in [-0.15, -0.1) is 0 Å². The van der Waals surface area contributed by atoms with Gasteiger partial charge in [-0.3, -0.25) is 4.79 Å². The third kappa shape index (κ3) is 4.13. The third-order valence-corrected chi connectivity index (χ3v) is 3.02. The molecule has 0 heterocycles. The number of carbonyl (C=O) groups is 1. The highest BCUT2D eigenvalue weighted by Crippen LogP contribution is 2.25. The third-order valence-electron chi connectivity index (χ3n) is 2.71. The van der Waals surface area contributed by atoms with E-state index < -0.39 is 0 Å². The van der Waals surface area contributed by atoms with Crippen molar-refractivity contribution in [1.82, 2.24) is 0 Å². The van der Waals surface area contributed by atoms with Gasteiger partial charge in [-0.05, 0) is 50.2 Å². The molecule has 0 aliphatic heterocycles. The van der Waals surface area contributed by atoms with Crippen LogP contribution in [-0.4, -0.2) is 12.0 Å². The highest BCUT2D eigenvalue weighted by molar-refractivity contribution is 6.34. The van der Waals surface area contributed by atoms with Crippen molar-refractivity contribution in [1.29, 1.82) is 0 Å². The Morgan fingerprint density at radius 3 is 2.67 bits per heavy atom. The minimum absolute atomic E-state index is 0.0508. The number of rotatable bonds is 4. The molecule has 0 bridgehead atoms. The predicted octanol–water partition coefficient (Wildman–Crippen LogP) is 3.96. The van der Waals surface area contributed by atoms with E-state index in [0.717, 1.165) is 0 Å². The second-order valence-electron chi connectivity index (χ2n) is 4.89. The molecule has 0 fully saturated rings. The van der Waals surface area contributed by atoms with Crippen LogP contribution in [0.4, 0.5) is 11.4 Å². The lowest BCUT2D eigenvalue weighted by atomic mass is 10.2. The van der Waals surface area contributed by atoms with Crippen LogP contribution in [0, 0.1) is 0 Å². The number of nitrogen functional groups attached to an aromatic ring is 1. The van der Waals surface area contributed by atoms with Crippen molar-refractivity contribution >= 4 is 28.9 Å². The number of nitrogens with one attached hydrogen (secondary N) is 1. The van der Waals surface area contributed by atoms with Crippen LogP contribution in [-0.2, 0) is 0 Å². The first-order chi connectivity index (χ1) is 9.95. The highest BCUT2D eigenvalue weighted by Gasteiger charge is 2.10. The molecule has 2 aromatic rings. The van der Waals surface area contributed by atoms with Crippen molar-refractivity contribution in [2.24, 2.45) is 0 Å². The summed E-state index contributed by atoms with van der Waals surface area (Å²) in [6, 6.07) is 11.9. The summed E-state index contributed by atoms with van der Waals surface area (Å²) in [5, 5.41) is 3.15. The lowest BCUT2D eigenvalue weighted by Gasteiger charge is -2.11. The maximum Gasteiger partial charge on any atom is 0.255 e. The number of hydrogen-bond donors (Lipinski definition) is 2. The Morgan fingerprint density at radius 2 is 2.00 bits per heavy atom. The Labute approximate surface area is 128 Å². The van der Waals surface area contributed by atoms with Crippen LogP contribution in [0.25, 0.3) is 0 Å². The van der Waals surface area contributed by atoms with Gasteiger partial charge >= 0.3 is 0 Å². The molecule has 0 radical (unpaired) electrons. The summed E-state index contributed by atoms with van der Waals surface area (Å²) in [7, 11) is 0. The molecule has 2 aromatic carbocycles. The molecule has 5 heteroatoms. The van der Waals surface area contributed by atoms with Crippen molar-refractivity contribution in [3.63, 3.8) is 0 Å². The van der Waals surface area contributed by atoms with Crippen LogP contribution in [0.3, 0.4) is 0 Å². The van der Waals surface area contributed by atoms with Crippen molar-refractivity contribution in [3.05, 3.63) is 53.1 Å². The summed E-state index contributed by atoms with van der Waals surface area (Å²) in [6.07, 6.45) is 0.0508. The van der Waals surface area contributed by atoms with Crippen LogP contribution < -0.4 is 15.8 Å². The normalized spacial score (nSPS) is 10.5. The van der Waals surface area contributed by atoms with Crippen LogP contribution in [0.2, 0.25) is 5.02 Å². The number of amides is 1. The van der Waals surface area contributed by atoms with Crippen molar-refractivity contribution in [3.8, 4) is 5.75 Å². The molecule has 1 amide bonds. The fourth-order valence-electron chi connectivity index (χ4n) is 1.81. The van der Waals surface area contributed by atoms with E-state index in [2.05, 4.69) is 5.32 Å². The number of ether oxygens (including phenoxy) is 1. The van der Waals surface area contributed by atoms with Crippen molar-refractivity contribution < 1.29 is 9.53 Å². The Hall–Kier alpha value is -2.20. The molecular weight excluding hydrogens is 288 g/mol. The number of benzene rings is 2. The fourth-order valence-corrected chi connectivity index (χ4v) is 2.05. The zero-order chi connectivity index (χ0) is 15.4. The molecule has 0 aliphatic rings. The molecule has 3 N–H and O–H groups in total. The van der Waals surface area contributed by atoms with Crippen molar-refractivity contribution in [2.75, 3.05) is 11.1 Å². The van der Waals surface area contributed by atoms with Crippen molar-refractivity contribution in [2.45, 2.75) is 20.0 Å². The molecule has 4 nitrogen and oxygen atoms in total. The quantitative estimate of drug-likeness (QED) is 0.840. The van der Waals surface area contributed by atoms with E-state index in [4.69, 9.17) is 22.1 Å². The monoisotopic (exact) mass is 304 g/mol. The molecule has 0 saturated carbocycles. The Morgan fingerprint density at radius 1 is 1.24 bits per heavy atom. The number of carbonyl (C=O) groups excluding carboxylic acids is 1. The summed E-state index contributed by atoms with van der Waals surface area (Å²) in [6.45, 7) is 3.86. The molecule has 0 aliphatic carbocycles.